The van der Waals surface area contributed by atoms with E-state index in [1.807, 2.05) is 6.92 Å². The zero-order chi connectivity index (χ0) is 9.97. The molecule has 1 fully saturated rings. The first-order valence-electron chi connectivity index (χ1n) is 5.22. The molecule has 0 amide bonds. The van der Waals surface area contributed by atoms with Crippen molar-refractivity contribution in [1.82, 2.24) is 4.98 Å². The van der Waals surface area contributed by atoms with E-state index in [0.717, 1.165) is 24.6 Å². The van der Waals surface area contributed by atoms with Crippen LogP contribution in [0.5, 0.6) is 0 Å². The fourth-order valence-corrected chi connectivity index (χ4v) is 1.95. The zero-order valence-electron chi connectivity index (χ0n) is 8.66. The molecule has 2 N–H and O–H groups in total. The number of pyridine rings is 1. The maximum Gasteiger partial charge on any atom is 0.129 e. The van der Waals surface area contributed by atoms with Crippen molar-refractivity contribution in [1.29, 1.82) is 0 Å². The van der Waals surface area contributed by atoms with E-state index in [9.17, 15) is 0 Å². The Labute approximate surface area is 84.9 Å². The molecule has 3 nitrogen and oxygen atoms in total. The number of hydrogen-bond acceptors (Lipinski definition) is 3. The predicted octanol–water partition coefficient (Wildman–Crippen LogP) is 1.45. The molecular formula is C11H17N3. The Morgan fingerprint density at radius 1 is 1.36 bits per heavy atom. The Morgan fingerprint density at radius 2 is 2.07 bits per heavy atom. The fourth-order valence-electron chi connectivity index (χ4n) is 1.95. The number of nitrogens with zero attached hydrogens (tertiary/aromatic N) is 2. The van der Waals surface area contributed by atoms with E-state index in [-0.39, 0.29) is 0 Å². The van der Waals surface area contributed by atoms with Crippen molar-refractivity contribution in [2.24, 2.45) is 5.73 Å². The first kappa shape index (κ1) is 9.46. The molecule has 0 saturated carbocycles. The minimum absolute atomic E-state index is 0.601. The van der Waals surface area contributed by atoms with Gasteiger partial charge >= 0.3 is 0 Å². The third-order valence-corrected chi connectivity index (χ3v) is 2.67. The van der Waals surface area contributed by atoms with Gasteiger partial charge < -0.3 is 10.6 Å². The molecule has 1 aliphatic rings. The van der Waals surface area contributed by atoms with Crippen LogP contribution in [-0.2, 0) is 6.54 Å². The molecule has 2 heterocycles. The van der Waals surface area contributed by atoms with Gasteiger partial charge in [0.05, 0.1) is 0 Å². The van der Waals surface area contributed by atoms with Crippen LogP contribution < -0.4 is 10.6 Å². The van der Waals surface area contributed by atoms with Crippen LogP contribution in [0.1, 0.15) is 24.1 Å². The number of hydrogen-bond donors (Lipinski definition) is 1. The van der Waals surface area contributed by atoms with Gasteiger partial charge in [0.1, 0.15) is 5.82 Å². The van der Waals surface area contributed by atoms with Crippen molar-refractivity contribution in [2.75, 3.05) is 18.0 Å². The molecule has 0 unspecified atom stereocenters. The van der Waals surface area contributed by atoms with Crippen LogP contribution in [0, 0.1) is 6.92 Å². The highest BCUT2D eigenvalue weighted by Crippen LogP contribution is 2.19. The van der Waals surface area contributed by atoms with Gasteiger partial charge in [-0.1, -0.05) is 0 Å². The smallest absolute Gasteiger partial charge is 0.129 e. The normalized spacial score (nSPS) is 16.3. The third-order valence-electron chi connectivity index (χ3n) is 2.67. The Kier molecular flexibility index (Phi) is 2.68. The number of aromatic nitrogens is 1. The number of anilines is 1. The molecule has 1 aromatic rings. The van der Waals surface area contributed by atoms with E-state index in [1.165, 1.54) is 18.4 Å². The molecule has 14 heavy (non-hydrogen) atoms. The van der Waals surface area contributed by atoms with Crippen LogP contribution in [0.3, 0.4) is 0 Å². The molecule has 2 rings (SSSR count). The molecule has 1 saturated heterocycles. The van der Waals surface area contributed by atoms with E-state index in [1.54, 1.807) is 0 Å². The SMILES string of the molecule is Cc1cc(CN)cc(N2CCCC2)n1. The van der Waals surface area contributed by atoms with Crippen LogP contribution in [0.15, 0.2) is 12.1 Å². The monoisotopic (exact) mass is 191 g/mol. The van der Waals surface area contributed by atoms with E-state index in [4.69, 9.17) is 5.73 Å². The maximum absolute atomic E-state index is 5.64. The highest BCUT2D eigenvalue weighted by atomic mass is 15.2. The van der Waals surface area contributed by atoms with Gasteiger partial charge in [-0.05, 0) is 37.5 Å². The molecule has 0 aromatic carbocycles. The zero-order valence-corrected chi connectivity index (χ0v) is 8.66. The summed E-state index contributed by atoms with van der Waals surface area (Å²) in [4.78, 5) is 6.87. The summed E-state index contributed by atoms with van der Waals surface area (Å²) in [5.41, 5.74) is 7.88. The molecule has 1 aromatic heterocycles. The van der Waals surface area contributed by atoms with Gasteiger partial charge in [0.15, 0.2) is 0 Å². The van der Waals surface area contributed by atoms with Crippen molar-refractivity contribution < 1.29 is 0 Å². The lowest BCUT2D eigenvalue weighted by molar-refractivity contribution is 0.918. The van der Waals surface area contributed by atoms with Gasteiger partial charge in [0.2, 0.25) is 0 Å². The number of aryl methyl sites for hydroxylation is 1. The quantitative estimate of drug-likeness (QED) is 0.769. The molecule has 3 heteroatoms. The molecule has 76 valence electrons. The van der Waals surface area contributed by atoms with E-state index >= 15 is 0 Å². The van der Waals surface area contributed by atoms with Gasteiger partial charge in [0.25, 0.3) is 0 Å². The van der Waals surface area contributed by atoms with Gasteiger partial charge in [0, 0.05) is 25.3 Å². The van der Waals surface area contributed by atoms with E-state index < -0.39 is 0 Å². The predicted molar refractivity (Wildman–Crippen MR) is 58.3 cm³/mol. The second kappa shape index (κ2) is 3.96. The Bertz CT molecular complexity index is 316. The molecule has 0 bridgehead atoms. The Balaban J connectivity index is 2.27. The molecule has 0 radical (unpaired) electrons. The van der Waals surface area contributed by atoms with Crippen molar-refractivity contribution in [3.8, 4) is 0 Å². The summed E-state index contributed by atoms with van der Waals surface area (Å²) in [7, 11) is 0. The second-order valence-corrected chi connectivity index (χ2v) is 3.87. The molecule has 0 atom stereocenters. The highest BCUT2D eigenvalue weighted by Gasteiger charge is 2.13. The minimum atomic E-state index is 0.601. The molecular weight excluding hydrogens is 174 g/mol. The fraction of sp³-hybridized carbons (Fsp3) is 0.545. The van der Waals surface area contributed by atoms with E-state index in [0.29, 0.717) is 6.54 Å². The summed E-state index contributed by atoms with van der Waals surface area (Å²) < 4.78 is 0. The van der Waals surface area contributed by atoms with Crippen molar-refractivity contribution in [2.45, 2.75) is 26.3 Å². The number of rotatable bonds is 2. The largest absolute Gasteiger partial charge is 0.357 e. The highest BCUT2D eigenvalue weighted by molar-refractivity contribution is 5.43. The first-order chi connectivity index (χ1) is 6.79. The van der Waals surface area contributed by atoms with Gasteiger partial charge in [-0.25, -0.2) is 4.98 Å². The summed E-state index contributed by atoms with van der Waals surface area (Å²) >= 11 is 0. The Hall–Kier alpha value is -1.09. The molecule has 0 spiro atoms. The van der Waals surface area contributed by atoms with Crippen LogP contribution in [0.25, 0.3) is 0 Å². The summed E-state index contributed by atoms with van der Waals surface area (Å²) in [6.45, 7) is 4.91. The van der Waals surface area contributed by atoms with Crippen LogP contribution in [0.4, 0.5) is 5.82 Å². The average molecular weight is 191 g/mol. The lowest BCUT2D eigenvalue weighted by Crippen LogP contribution is -2.19. The van der Waals surface area contributed by atoms with Crippen molar-refractivity contribution in [3.63, 3.8) is 0 Å². The Morgan fingerprint density at radius 3 is 2.71 bits per heavy atom. The first-order valence-corrected chi connectivity index (χ1v) is 5.22. The lowest BCUT2D eigenvalue weighted by Gasteiger charge is -2.17. The third kappa shape index (κ3) is 1.87. The van der Waals surface area contributed by atoms with Crippen molar-refractivity contribution in [3.05, 3.63) is 23.4 Å². The standard InChI is InChI=1S/C11H17N3/c1-9-6-10(8-12)7-11(13-9)14-4-2-3-5-14/h6-7H,2-5,8,12H2,1H3. The van der Waals surface area contributed by atoms with Gasteiger partial charge in [-0.15, -0.1) is 0 Å². The summed E-state index contributed by atoms with van der Waals surface area (Å²) in [6, 6.07) is 4.16. The van der Waals surface area contributed by atoms with Crippen LogP contribution in [0.2, 0.25) is 0 Å². The van der Waals surface area contributed by atoms with E-state index in [2.05, 4.69) is 22.0 Å². The second-order valence-electron chi connectivity index (χ2n) is 3.87. The molecule has 0 aliphatic carbocycles. The average Bonchev–Trinajstić information content (AvgIpc) is 2.69. The topological polar surface area (TPSA) is 42.1 Å². The van der Waals surface area contributed by atoms with Crippen LogP contribution in [-0.4, -0.2) is 18.1 Å². The number of nitrogens with two attached hydrogens (primary N) is 1. The van der Waals surface area contributed by atoms with Gasteiger partial charge in [-0.3, -0.25) is 0 Å². The maximum atomic E-state index is 5.64. The summed E-state index contributed by atoms with van der Waals surface area (Å²) in [5, 5.41) is 0. The van der Waals surface area contributed by atoms with Gasteiger partial charge in [-0.2, -0.15) is 0 Å². The van der Waals surface area contributed by atoms with Crippen LogP contribution >= 0.6 is 0 Å². The summed E-state index contributed by atoms with van der Waals surface area (Å²) in [5.74, 6) is 1.10. The van der Waals surface area contributed by atoms with Crippen molar-refractivity contribution >= 4 is 5.82 Å². The minimum Gasteiger partial charge on any atom is -0.357 e. The molecule has 1 aliphatic heterocycles. The lowest BCUT2D eigenvalue weighted by atomic mass is 10.2. The summed E-state index contributed by atoms with van der Waals surface area (Å²) in [6.07, 6.45) is 2.57.